The first-order chi connectivity index (χ1) is 9.79. The molecule has 0 atom stereocenters. The van der Waals surface area contributed by atoms with Crippen LogP contribution in [0.3, 0.4) is 0 Å². The van der Waals surface area contributed by atoms with Crippen molar-refractivity contribution in [2.24, 2.45) is 0 Å². The zero-order valence-corrected chi connectivity index (χ0v) is 11.1. The molecular formula is C16H14N2O2. The Morgan fingerprint density at radius 2 is 1.90 bits per heavy atom. The number of methoxy groups -OCH3 is 1. The number of benzene rings is 2. The molecule has 3 aromatic rings. The van der Waals surface area contributed by atoms with Crippen molar-refractivity contribution in [3.8, 4) is 0 Å². The largest absolute Gasteiger partial charge is 0.465 e. The van der Waals surface area contributed by atoms with Crippen LogP contribution in [0.1, 0.15) is 15.9 Å². The topological polar surface area (TPSA) is 44.1 Å². The highest BCUT2D eigenvalue weighted by Gasteiger charge is 2.12. The van der Waals surface area contributed by atoms with Crippen molar-refractivity contribution in [2.45, 2.75) is 6.54 Å². The number of hydrogen-bond donors (Lipinski definition) is 0. The van der Waals surface area contributed by atoms with Crippen molar-refractivity contribution in [2.75, 3.05) is 7.11 Å². The molecule has 0 N–H and O–H groups in total. The predicted octanol–water partition coefficient (Wildman–Crippen LogP) is 2.87. The quantitative estimate of drug-likeness (QED) is 0.685. The predicted molar refractivity (Wildman–Crippen MR) is 76.6 cm³/mol. The van der Waals surface area contributed by atoms with Gasteiger partial charge < -0.3 is 9.30 Å². The maximum absolute atomic E-state index is 11.8. The molecule has 0 aliphatic heterocycles. The average Bonchev–Trinajstić information content (AvgIpc) is 2.90. The van der Waals surface area contributed by atoms with Crippen LogP contribution >= 0.6 is 0 Å². The van der Waals surface area contributed by atoms with E-state index in [-0.39, 0.29) is 5.97 Å². The maximum Gasteiger partial charge on any atom is 0.338 e. The fraction of sp³-hybridized carbons (Fsp3) is 0.125. The van der Waals surface area contributed by atoms with Gasteiger partial charge in [0, 0.05) is 6.54 Å². The van der Waals surface area contributed by atoms with E-state index in [1.54, 1.807) is 12.4 Å². The molecule has 1 aromatic heterocycles. The number of imidazole rings is 1. The lowest BCUT2D eigenvalue weighted by Gasteiger charge is -2.09. The molecule has 20 heavy (non-hydrogen) atoms. The minimum absolute atomic E-state index is 0.315. The molecule has 2 aromatic carbocycles. The van der Waals surface area contributed by atoms with Gasteiger partial charge in [-0.15, -0.1) is 0 Å². The van der Waals surface area contributed by atoms with Crippen LogP contribution in [-0.2, 0) is 11.3 Å². The molecule has 0 amide bonds. The third-order valence-corrected chi connectivity index (χ3v) is 3.29. The SMILES string of the molecule is COC(=O)c1ccccc1Cn1cnc2ccccc21. The summed E-state index contributed by atoms with van der Waals surface area (Å²) in [5, 5.41) is 0. The van der Waals surface area contributed by atoms with Gasteiger partial charge in [0.1, 0.15) is 0 Å². The summed E-state index contributed by atoms with van der Waals surface area (Å²) in [4.78, 5) is 16.1. The number of hydrogen-bond acceptors (Lipinski definition) is 3. The number of esters is 1. The maximum atomic E-state index is 11.8. The Morgan fingerprint density at radius 3 is 2.75 bits per heavy atom. The zero-order valence-electron chi connectivity index (χ0n) is 11.1. The number of aromatic nitrogens is 2. The highest BCUT2D eigenvalue weighted by atomic mass is 16.5. The molecule has 1 heterocycles. The van der Waals surface area contributed by atoms with Gasteiger partial charge in [0.25, 0.3) is 0 Å². The van der Waals surface area contributed by atoms with Gasteiger partial charge in [-0.2, -0.15) is 0 Å². The number of ether oxygens (including phenoxy) is 1. The Bertz CT molecular complexity index is 762. The summed E-state index contributed by atoms with van der Waals surface area (Å²) in [6, 6.07) is 15.4. The van der Waals surface area contributed by atoms with E-state index in [4.69, 9.17) is 4.74 Å². The number of fused-ring (bicyclic) bond motifs is 1. The lowest BCUT2D eigenvalue weighted by molar-refractivity contribution is 0.0599. The van der Waals surface area contributed by atoms with E-state index in [1.165, 1.54) is 7.11 Å². The summed E-state index contributed by atoms with van der Waals surface area (Å²) >= 11 is 0. The molecule has 100 valence electrons. The Morgan fingerprint density at radius 1 is 1.15 bits per heavy atom. The van der Waals surface area contributed by atoms with Crippen molar-refractivity contribution < 1.29 is 9.53 Å². The standard InChI is InChI=1S/C16H14N2O2/c1-20-16(19)13-7-3-2-6-12(13)10-18-11-17-14-8-4-5-9-15(14)18/h2-9,11H,10H2,1H3. The molecule has 0 aliphatic carbocycles. The lowest BCUT2D eigenvalue weighted by atomic mass is 10.1. The summed E-state index contributed by atoms with van der Waals surface area (Å²) in [5.41, 5.74) is 3.51. The molecule has 0 spiro atoms. The highest BCUT2D eigenvalue weighted by Crippen LogP contribution is 2.16. The summed E-state index contributed by atoms with van der Waals surface area (Å²) < 4.78 is 6.84. The molecule has 4 nitrogen and oxygen atoms in total. The Hall–Kier alpha value is -2.62. The summed E-state index contributed by atoms with van der Waals surface area (Å²) in [7, 11) is 1.39. The monoisotopic (exact) mass is 266 g/mol. The number of nitrogens with zero attached hydrogens (tertiary/aromatic N) is 2. The molecular weight excluding hydrogens is 252 g/mol. The van der Waals surface area contributed by atoms with E-state index in [0.29, 0.717) is 12.1 Å². The first-order valence-electron chi connectivity index (χ1n) is 6.35. The number of rotatable bonds is 3. The second-order valence-corrected chi connectivity index (χ2v) is 4.51. The Kier molecular flexibility index (Phi) is 3.21. The van der Waals surface area contributed by atoms with E-state index in [9.17, 15) is 4.79 Å². The molecule has 0 fully saturated rings. The van der Waals surface area contributed by atoms with E-state index in [1.807, 2.05) is 47.0 Å². The van der Waals surface area contributed by atoms with E-state index in [0.717, 1.165) is 16.6 Å². The fourth-order valence-corrected chi connectivity index (χ4v) is 2.29. The van der Waals surface area contributed by atoms with Gasteiger partial charge in [-0.1, -0.05) is 30.3 Å². The molecule has 0 aliphatic rings. The van der Waals surface area contributed by atoms with Crippen molar-refractivity contribution in [1.29, 1.82) is 0 Å². The first kappa shape index (κ1) is 12.4. The van der Waals surface area contributed by atoms with Gasteiger partial charge in [-0.05, 0) is 23.8 Å². The normalized spacial score (nSPS) is 10.7. The fourth-order valence-electron chi connectivity index (χ4n) is 2.29. The summed E-state index contributed by atoms with van der Waals surface area (Å²) in [5.74, 6) is -0.315. The van der Waals surface area contributed by atoms with Crippen molar-refractivity contribution in [3.63, 3.8) is 0 Å². The third-order valence-electron chi connectivity index (χ3n) is 3.29. The van der Waals surface area contributed by atoms with Crippen LogP contribution in [0.2, 0.25) is 0 Å². The summed E-state index contributed by atoms with van der Waals surface area (Å²) in [6.45, 7) is 0.589. The van der Waals surface area contributed by atoms with Crippen molar-refractivity contribution >= 4 is 17.0 Å². The second-order valence-electron chi connectivity index (χ2n) is 4.51. The van der Waals surface area contributed by atoms with Gasteiger partial charge in [0.2, 0.25) is 0 Å². The van der Waals surface area contributed by atoms with Crippen LogP contribution in [0, 0.1) is 0 Å². The van der Waals surface area contributed by atoms with Crippen LogP contribution in [0.4, 0.5) is 0 Å². The number of para-hydroxylation sites is 2. The van der Waals surface area contributed by atoms with Crippen LogP contribution < -0.4 is 0 Å². The number of carbonyl (C=O) groups is 1. The van der Waals surface area contributed by atoms with Crippen LogP contribution in [0.25, 0.3) is 11.0 Å². The molecule has 4 heteroatoms. The Labute approximate surface area is 116 Å². The van der Waals surface area contributed by atoms with Gasteiger partial charge in [-0.25, -0.2) is 9.78 Å². The molecule has 3 rings (SSSR count). The van der Waals surface area contributed by atoms with Crippen LogP contribution in [0.5, 0.6) is 0 Å². The molecule has 0 bridgehead atoms. The average molecular weight is 266 g/mol. The molecule has 0 saturated carbocycles. The molecule has 0 radical (unpaired) electrons. The minimum Gasteiger partial charge on any atom is -0.465 e. The molecule has 0 saturated heterocycles. The van der Waals surface area contributed by atoms with E-state index >= 15 is 0 Å². The van der Waals surface area contributed by atoms with E-state index < -0.39 is 0 Å². The van der Waals surface area contributed by atoms with Crippen molar-refractivity contribution in [1.82, 2.24) is 9.55 Å². The van der Waals surface area contributed by atoms with Gasteiger partial charge in [0.05, 0.1) is 30.0 Å². The van der Waals surface area contributed by atoms with Gasteiger partial charge >= 0.3 is 5.97 Å². The molecule has 0 unspecified atom stereocenters. The van der Waals surface area contributed by atoms with Crippen LogP contribution in [0.15, 0.2) is 54.9 Å². The van der Waals surface area contributed by atoms with Crippen molar-refractivity contribution in [3.05, 3.63) is 66.0 Å². The zero-order chi connectivity index (χ0) is 13.9. The van der Waals surface area contributed by atoms with Gasteiger partial charge in [-0.3, -0.25) is 0 Å². The summed E-state index contributed by atoms with van der Waals surface area (Å²) in [6.07, 6.45) is 1.79. The van der Waals surface area contributed by atoms with Gasteiger partial charge in [0.15, 0.2) is 0 Å². The second kappa shape index (κ2) is 5.17. The van der Waals surface area contributed by atoms with Crippen LogP contribution in [-0.4, -0.2) is 22.6 Å². The minimum atomic E-state index is -0.315. The number of carbonyl (C=O) groups excluding carboxylic acids is 1. The third kappa shape index (κ3) is 2.16. The van der Waals surface area contributed by atoms with E-state index in [2.05, 4.69) is 4.98 Å². The lowest BCUT2D eigenvalue weighted by Crippen LogP contribution is -2.08. The Balaban J connectivity index is 2.01. The highest BCUT2D eigenvalue weighted by molar-refractivity contribution is 5.91. The first-order valence-corrected chi connectivity index (χ1v) is 6.35. The smallest absolute Gasteiger partial charge is 0.338 e.